The summed E-state index contributed by atoms with van der Waals surface area (Å²) in [5.74, 6) is 0. The van der Waals surface area contributed by atoms with E-state index in [1.807, 2.05) is 0 Å². The van der Waals surface area contributed by atoms with Crippen molar-refractivity contribution in [2.45, 2.75) is 32.4 Å². The number of hydrogen-bond donors (Lipinski definition) is 2. The Labute approximate surface area is 104 Å². The van der Waals surface area contributed by atoms with Crippen LogP contribution < -0.4 is 11.1 Å². The summed E-state index contributed by atoms with van der Waals surface area (Å²) < 4.78 is 0. The second-order valence-corrected chi connectivity index (χ2v) is 4.76. The van der Waals surface area contributed by atoms with Crippen LogP contribution in [0.1, 0.15) is 25.3 Å². The molecule has 0 unspecified atom stereocenters. The highest BCUT2D eigenvalue weighted by molar-refractivity contribution is 5.46. The summed E-state index contributed by atoms with van der Waals surface area (Å²) in [6.45, 7) is 6.45. The van der Waals surface area contributed by atoms with E-state index in [4.69, 9.17) is 5.73 Å². The topological polar surface area (TPSA) is 41.3 Å². The van der Waals surface area contributed by atoms with Gasteiger partial charge >= 0.3 is 0 Å². The molecular formula is C14H23N3. The maximum Gasteiger partial charge on any atom is 0.0345 e. The largest absolute Gasteiger partial charge is 0.382 e. The van der Waals surface area contributed by atoms with Gasteiger partial charge in [0, 0.05) is 31.4 Å². The molecule has 2 rings (SSSR count). The van der Waals surface area contributed by atoms with Gasteiger partial charge in [0.2, 0.25) is 0 Å². The summed E-state index contributed by atoms with van der Waals surface area (Å²) >= 11 is 0. The molecule has 1 heterocycles. The van der Waals surface area contributed by atoms with Gasteiger partial charge in [-0.05, 0) is 37.1 Å². The zero-order chi connectivity index (χ0) is 12.1. The van der Waals surface area contributed by atoms with E-state index in [9.17, 15) is 0 Å². The van der Waals surface area contributed by atoms with Crippen LogP contribution in [-0.2, 0) is 6.54 Å². The normalized spacial score (nSPS) is 18.2. The average molecular weight is 233 g/mol. The Balaban J connectivity index is 1.88. The summed E-state index contributed by atoms with van der Waals surface area (Å²) in [6.07, 6.45) is 2.47. The maximum atomic E-state index is 5.65. The molecule has 3 N–H and O–H groups in total. The highest BCUT2D eigenvalue weighted by Gasteiger charge is 2.17. The standard InChI is InChI=1S/C14H23N3/c1-2-17-8-6-13(7-9-17)16-14-5-3-4-12(10-14)11-15/h3-5,10,13,16H,2,6-9,11,15H2,1H3. The lowest BCUT2D eigenvalue weighted by Crippen LogP contribution is -2.38. The Morgan fingerprint density at radius 3 is 2.76 bits per heavy atom. The lowest BCUT2D eigenvalue weighted by molar-refractivity contribution is 0.229. The van der Waals surface area contributed by atoms with Gasteiger partial charge in [-0.1, -0.05) is 19.1 Å². The number of hydrogen-bond acceptors (Lipinski definition) is 3. The van der Waals surface area contributed by atoms with E-state index >= 15 is 0 Å². The van der Waals surface area contributed by atoms with Gasteiger partial charge in [-0.2, -0.15) is 0 Å². The molecule has 0 saturated carbocycles. The van der Waals surface area contributed by atoms with Crippen molar-refractivity contribution < 1.29 is 0 Å². The molecule has 0 spiro atoms. The predicted octanol–water partition coefficient (Wildman–Crippen LogP) is 2.04. The fourth-order valence-electron chi connectivity index (χ4n) is 2.42. The molecule has 0 bridgehead atoms. The molecule has 17 heavy (non-hydrogen) atoms. The third kappa shape index (κ3) is 3.45. The minimum Gasteiger partial charge on any atom is -0.382 e. The van der Waals surface area contributed by atoms with Crippen LogP contribution in [0, 0.1) is 0 Å². The van der Waals surface area contributed by atoms with Gasteiger partial charge in [-0.3, -0.25) is 0 Å². The Morgan fingerprint density at radius 2 is 2.12 bits per heavy atom. The van der Waals surface area contributed by atoms with Crippen LogP contribution in [0.5, 0.6) is 0 Å². The van der Waals surface area contributed by atoms with Gasteiger partial charge in [0.25, 0.3) is 0 Å². The van der Waals surface area contributed by atoms with Crippen LogP contribution in [0.2, 0.25) is 0 Å². The number of nitrogens with zero attached hydrogens (tertiary/aromatic N) is 1. The molecule has 1 aromatic rings. The van der Waals surface area contributed by atoms with Crippen LogP contribution in [0.4, 0.5) is 5.69 Å². The average Bonchev–Trinajstić information content (AvgIpc) is 2.40. The molecule has 1 aromatic carbocycles. The molecular weight excluding hydrogens is 210 g/mol. The first-order valence-electron chi connectivity index (χ1n) is 6.59. The van der Waals surface area contributed by atoms with Crippen molar-refractivity contribution in [3.63, 3.8) is 0 Å². The summed E-state index contributed by atoms with van der Waals surface area (Å²) in [4.78, 5) is 2.51. The van der Waals surface area contributed by atoms with Crippen molar-refractivity contribution >= 4 is 5.69 Å². The smallest absolute Gasteiger partial charge is 0.0345 e. The highest BCUT2D eigenvalue weighted by atomic mass is 15.1. The molecule has 0 amide bonds. The van der Waals surface area contributed by atoms with E-state index in [1.165, 1.54) is 43.7 Å². The fourth-order valence-corrected chi connectivity index (χ4v) is 2.42. The molecule has 0 aromatic heterocycles. The SMILES string of the molecule is CCN1CCC(Nc2cccc(CN)c2)CC1. The minimum atomic E-state index is 0.615. The second kappa shape index (κ2) is 6.03. The zero-order valence-corrected chi connectivity index (χ0v) is 10.7. The van der Waals surface area contributed by atoms with Gasteiger partial charge in [0.15, 0.2) is 0 Å². The van der Waals surface area contributed by atoms with E-state index in [0.29, 0.717) is 12.6 Å². The van der Waals surface area contributed by atoms with Crippen molar-refractivity contribution in [3.8, 4) is 0 Å². The Bertz CT molecular complexity index is 343. The van der Waals surface area contributed by atoms with Crippen molar-refractivity contribution in [1.82, 2.24) is 4.90 Å². The van der Waals surface area contributed by atoms with Crippen LogP contribution in [0.15, 0.2) is 24.3 Å². The second-order valence-electron chi connectivity index (χ2n) is 4.76. The van der Waals surface area contributed by atoms with Crippen LogP contribution in [0.3, 0.4) is 0 Å². The van der Waals surface area contributed by atoms with Crippen molar-refractivity contribution in [3.05, 3.63) is 29.8 Å². The molecule has 1 aliphatic rings. The number of anilines is 1. The summed E-state index contributed by atoms with van der Waals surface area (Å²) in [5.41, 5.74) is 8.06. The van der Waals surface area contributed by atoms with E-state index < -0.39 is 0 Å². The van der Waals surface area contributed by atoms with Crippen LogP contribution in [-0.4, -0.2) is 30.6 Å². The Morgan fingerprint density at radius 1 is 1.35 bits per heavy atom. The number of piperidine rings is 1. The molecule has 1 saturated heterocycles. The van der Waals surface area contributed by atoms with E-state index in [2.05, 4.69) is 41.4 Å². The number of nitrogens with one attached hydrogen (secondary N) is 1. The third-order valence-corrected chi connectivity index (χ3v) is 3.57. The molecule has 3 heteroatoms. The summed E-state index contributed by atoms with van der Waals surface area (Å²) in [7, 11) is 0. The summed E-state index contributed by atoms with van der Waals surface area (Å²) in [5, 5.41) is 3.62. The molecule has 1 fully saturated rings. The number of rotatable bonds is 4. The summed E-state index contributed by atoms with van der Waals surface area (Å²) in [6, 6.07) is 9.06. The van der Waals surface area contributed by atoms with E-state index in [0.717, 1.165) is 0 Å². The van der Waals surface area contributed by atoms with E-state index in [1.54, 1.807) is 0 Å². The van der Waals surface area contributed by atoms with E-state index in [-0.39, 0.29) is 0 Å². The number of likely N-dealkylation sites (tertiary alicyclic amines) is 1. The van der Waals surface area contributed by atoms with Gasteiger partial charge in [0.1, 0.15) is 0 Å². The third-order valence-electron chi connectivity index (χ3n) is 3.57. The lowest BCUT2D eigenvalue weighted by atomic mass is 10.0. The Hall–Kier alpha value is -1.06. The first-order valence-corrected chi connectivity index (χ1v) is 6.59. The van der Waals surface area contributed by atoms with Gasteiger partial charge in [-0.25, -0.2) is 0 Å². The van der Waals surface area contributed by atoms with Crippen molar-refractivity contribution in [2.24, 2.45) is 5.73 Å². The monoisotopic (exact) mass is 233 g/mol. The molecule has 0 atom stereocenters. The molecule has 3 nitrogen and oxygen atoms in total. The number of benzene rings is 1. The minimum absolute atomic E-state index is 0.615. The Kier molecular flexibility index (Phi) is 4.40. The lowest BCUT2D eigenvalue weighted by Gasteiger charge is -2.32. The van der Waals surface area contributed by atoms with Crippen LogP contribution >= 0.6 is 0 Å². The van der Waals surface area contributed by atoms with Gasteiger partial charge in [-0.15, -0.1) is 0 Å². The van der Waals surface area contributed by atoms with Crippen molar-refractivity contribution in [2.75, 3.05) is 25.0 Å². The molecule has 0 radical (unpaired) electrons. The van der Waals surface area contributed by atoms with Crippen LogP contribution in [0.25, 0.3) is 0 Å². The van der Waals surface area contributed by atoms with Gasteiger partial charge in [0.05, 0.1) is 0 Å². The quantitative estimate of drug-likeness (QED) is 0.836. The predicted molar refractivity (Wildman–Crippen MR) is 73.1 cm³/mol. The molecule has 1 aliphatic heterocycles. The number of nitrogens with two attached hydrogens (primary N) is 1. The zero-order valence-electron chi connectivity index (χ0n) is 10.7. The molecule has 94 valence electrons. The first-order chi connectivity index (χ1) is 8.31. The maximum absolute atomic E-state index is 5.65. The van der Waals surface area contributed by atoms with Gasteiger partial charge < -0.3 is 16.0 Å². The molecule has 0 aliphatic carbocycles. The first kappa shape index (κ1) is 12.4. The fraction of sp³-hybridized carbons (Fsp3) is 0.571. The highest BCUT2D eigenvalue weighted by Crippen LogP contribution is 2.17. The van der Waals surface area contributed by atoms with Crippen molar-refractivity contribution in [1.29, 1.82) is 0 Å².